The summed E-state index contributed by atoms with van der Waals surface area (Å²) in [5, 5.41) is 0. The average molecular weight is 282 g/mol. The lowest BCUT2D eigenvalue weighted by Gasteiger charge is -2.41. The molecule has 1 aromatic rings. The summed E-state index contributed by atoms with van der Waals surface area (Å²) in [6, 6.07) is 9.47. The van der Waals surface area contributed by atoms with Crippen LogP contribution in [0.15, 0.2) is 36.4 Å². The zero-order valence-corrected chi connectivity index (χ0v) is 13.7. The molecule has 0 radical (unpaired) electrons. The Morgan fingerprint density at radius 2 is 1.67 bits per heavy atom. The Hall–Kier alpha value is -1.04. The van der Waals surface area contributed by atoms with E-state index in [-0.39, 0.29) is 0 Å². The first kappa shape index (κ1) is 14.9. The summed E-state index contributed by atoms with van der Waals surface area (Å²) in [6.07, 6.45) is 14.5. The van der Waals surface area contributed by atoms with Crippen LogP contribution in [0.4, 0.5) is 0 Å². The molecule has 0 spiro atoms. The van der Waals surface area contributed by atoms with Crippen molar-refractivity contribution in [1.82, 2.24) is 0 Å². The topological polar surface area (TPSA) is 0 Å². The normalized spacial score (nSPS) is 33.0. The predicted molar refractivity (Wildman–Crippen MR) is 91.5 cm³/mol. The van der Waals surface area contributed by atoms with Crippen molar-refractivity contribution in [2.24, 2.45) is 17.8 Å². The summed E-state index contributed by atoms with van der Waals surface area (Å²) in [5.41, 5.74) is 3.07. The highest BCUT2D eigenvalue weighted by atomic mass is 14.4. The fourth-order valence-corrected chi connectivity index (χ4v) is 4.70. The van der Waals surface area contributed by atoms with Crippen LogP contribution in [-0.4, -0.2) is 0 Å². The predicted octanol–water partition coefficient (Wildman–Crippen LogP) is 6.13. The number of hydrogen-bond acceptors (Lipinski definition) is 0. The fourth-order valence-electron chi connectivity index (χ4n) is 4.70. The van der Waals surface area contributed by atoms with Crippen LogP contribution in [0.25, 0.3) is 0 Å². The van der Waals surface area contributed by atoms with Crippen LogP contribution in [0.1, 0.15) is 69.4 Å². The molecule has 0 aliphatic heterocycles. The number of allylic oxidation sites excluding steroid dienone is 2. The molecule has 3 rings (SSSR count). The van der Waals surface area contributed by atoms with E-state index in [1.807, 2.05) is 0 Å². The number of rotatable bonds is 3. The molecule has 0 amide bonds. The van der Waals surface area contributed by atoms with Crippen LogP contribution in [0.5, 0.6) is 0 Å². The van der Waals surface area contributed by atoms with E-state index < -0.39 is 0 Å². The van der Waals surface area contributed by atoms with Gasteiger partial charge >= 0.3 is 0 Å². The SMILES string of the molecule is CC=C[C@@H]1CC[C@@H]2CC(c3ccc(CC)cc3)CC[C@@H]2C1. The van der Waals surface area contributed by atoms with Gasteiger partial charge in [-0.25, -0.2) is 0 Å². The van der Waals surface area contributed by atoms with Crippen molar-refractivity contribution in [3.05, 3.63) is 47.5 Å². The summed E-state index contributed by atoms with van der Waals surface area (Å²) in [4.78, 5) is 0. The lowest BCUT2D eigenvalue weighted by atomic mass is 9.64. The molecule has 2 aliphatic rings. The third-order valence-corrected chi connectivity index (χ3v) is 5.98. The molecule has 0 bridgehead atoms. The van der Waals surface area contributed by atoms with Crippen molar-refractivity contribution >= 4 is 0 Å². The average Bonchev–Trinajstić information content (AvgIpc) is 2.55. The number of fused-ring (bicyclic) bond motifs is 1. The first-order valence-corrected chi connectivity index (χ1v) is 9.01. The van der Waals surface area contributed by atoms with E-state index in [1.165, 1.54) is 44.1 Å². The Morgan fingerprint density at radius 1 is 0.952 bits per heavy atom. The summed E-state index contributed by atoms with van der Waals surface area (Å²) >= 11 is 0. The molecule has 1 aromatic carbocycles. The van der Waals surface area contributed by atoms with Gasteiger partial charge in [0.05, 0.1) is 0 Å². The minimum atomic E-state index is 0.829. The number of hydrogen-bond donors (Lipinski definition) is 0. The van der Waals surface area contributed by atoms with Gasteiger partial charge in [0.1, 0.15) is 0 Å². The van der Waals surface area contributed by atoms with E-state index in [9.17, 15) is 0 Å². The van der Waals surface area contributed by atoms with Crippen molar-refractivity contribution in [3.8, 4) is 0 Å². The molecule has 0 heteroatoms. The van der Waals surface area contributed by atoms with Gasteiger partial charge in [-0.05, 0) is 86.7 Å². The second-order valence-corrected chi connectivity index (χ2v) is 7.22. The van der Waals surface area contributed by atoms with E-state index in [0.29, 0.717) is 0 Å². The van der Waals surface area contributed by atoms with Crippen molar-refractivity contribution < 1.29 is 0 Å². The second-order valence-electron chi connectivity index (χ2n) is 7.22. The van der Waals surface area contributed by atoms with Crippen molar-refractivity contribution in [3.63, 3.8) is 0 Å². The fraction of sp³-hybridized carbons (Fsp3) is 0.619. The first-order chi connectivity index (χ1) is 10.3. The van der Waals surface area contributed by atoms with Gasteiger partial charge in [0.25, 0.3) is 0 Å². The minimum Gasteiger partial charge on any atom is -0.0914 e. The van der Waals surface area contributed by atoms with Crippen molar-refractivity contribution in [2.45, 2.75) is 64.7 Å². The molecule has 0 nitrogen and oxygen atoms in total. The Balaban J connectivity index is 1.62. The molecule has 2 aliphatic carbocycles. The Bertz CT molecular complexity index is 467. The third kappa shape index (κ3) is 3.42. The molecule has 2 saturated carbocycles. The van der Waals surface area contributed by atoms with E-state index in [4.69, 9.17) is 0 Å². The highest BCUT2D eigenvalue weighted by molar-refractivity contribution is 5.26. The molecule has 0 saturated heterocycles. The van der Waals surface area contributed by atoms with Crippen LogP contribution in [0, 0.1) is 17.8 Å². The van der Waals surface area contributed by atoms with Gasteiger partial charge in [-0.1, -0.05) is 43.3 Å². The van der Waals surface area contributed by atoms with Crippen molar-refractivity contribution in [2.75, 3.05) is 0 Å². The molecule has 114 valence electrons. The molecule has 2 fully saturated rings. The van der Waals surface area contributed by atoms with Crippen LogP contribution in [-0.2, 0) is 6.42 Å². The molecule has 1 unspecified atom stereocenters. The van der Waals surface area contributed by atoms with Gasteiger partial charge in [0, 0.05) is 0 Å². The summed E-state index contributed by atoms with van der Waals surface area (Å²) in [6.45, 7) is 4.41. The smallest absolute Gasteiger partial charge is 0.0159 e. The summed E-state index contributed by atoms with van der Waals surface area (Å²) in [5.74, 6) is 3.70. The Kier molecular flexibility index (Phi) is 4.83. The standard InChI is InChI=1S/C21H30/c1-3-5-17-8-11-21-15-20(13-12-19(21)14-17)18-9-6-16(4-2)7-10-18/h3,5-7,9-10,17,19-21H,4,8,11-15H2,1-2H3/t17-,19-,20?,21-/m1/s1. The van der Waals surface area contributed by atoms with Crippen LogP contribution in [0.3, 0.4) is 0 Å². The summed E-state index contributed by atoms with van der Waals surface area (Å²) in [7, 11) is 0. The van der Waals surface area contributed by atoms with E-state index in [1.54, 1.807) is 5.56 Å². The van der Waals surface area contributed by atoms with E-state index in [2.05, 4.69) is 50.3 Å². The number of benzene rings is 1. The van der Waals surface area contributed by atoms with E-state index in [0.717, 1.165) is 30.1 Å². The van der Waals surface area contributed by atoms with Gasteiger partial charge in [0.15, 0.2) is 0 Å². The Labute approximate surface area is 130 Å². The third-order valence-electron chi connectivity index (χ3n) is 5.98. The van der Waals surface area contributed by atoms with E-state index >= 15 is 0 Å². The van der Waals surface area contributed by atoms with Crippen LogP contribution in [0.2, 0.25) is 0 Å². The molecule has 0 aromatic heterocycles. The number of aryl methyl sites for hydroxylation is 1. The highest BCUT2D eigenvalue weighted by Gasteiger charge is 2.35. The Morgan fingerprint density at radius 3 is 2.38 bits per heavy atom. The maximum atomic E-state index is 2.45. The maximum Gasteiger partial charge on any atom is -0.0159 e. The van der Waals surface area contributed by atoms with Gasteiger partial charge in [-0.3, -0.25) is 0 Å². The van der Waals surface area contributed by atoms with Gasteiger partial charge < -0.3 is 0 Å². The van der Waals surface area contributed by atoms with Crippen LogP contribution >= 0.6 is 0 Å². The second kappa shape index (κ2) is 6.81. The van der Waals surface area contributed by atoms with Gasteiger partial charge in [-0.15, -0.1) is 0 Å². The van der Waals surface area contributed by atoms with Gasteiger partial charge in [0.2, 0.25) is 0 Å². The zero-order chi connectivity index (χ0) is 14.7. The quantitative estimate of drug-likeness (QED) is 0.585. The summed E-state index contributed by atoms with van der Waals surface area (Å²) < 4.78 is 0. The molecule has 0 N–H and O–H groups in total. The minimum absolute atomic E-state index is 0.829. The first-order valence-electron chi connectivity index (χ1n) is 9.01. The molecule has 0 heterocycles. The monoisotopic (exact) mass is 282 g/mol. The van der Waals surface area contributed by atoms with Crippen molar-refractivity contribution in [1.29, 1.82) is 0 Å². The molecular formula is C21H30. The van der Waals surface area contributed by atoms with Crippen LogP contribution < -0.4 is 0 Å². The molecule has 4 atom stereocenters. The maximum absolute atomic E-state index is 2.45. The molecule has 21 heavy (non-hydrogen) atoms. The lowest BCUT2D eigenvalue weighted by Crippen LogP contribution is -2.30. The molecular weight excluding hydrogens is 252 g/mol. The highest BCUT2D eigenvalue weighted by Crippen LogP contribution is 2.47. The lowest BCUT2D eigenvalue weighted by molar-refractivity contribution is 0.133. The zero-order valence-electron chi connectivity index (χ0n) is 13.7. The largest absolute Gasteiger partial charge is 0.0914 e. The van der Waals surface area contributed by atoms with Gasteiger partial charge in [-0.2, -0.15) is 0 Å².